The van der Waals surface area contributed by atoms with E-state index in [1.807, 2.05) is 0 Å². The molecule has 0 unspecified atom stereocenters. The number of ether oxygens (including phenoxy) is 1. The minimum absolute atomic E-state index is 0.0127. The summed E-state index contributed by atoms with van der Waals surface area (Å²) in [6, 6.07) is 3.88. The normalized spacial score (nSPS) is 14.4. The summed E-state index contributed by atoms with van der Waals surface area (Å²) in [5.41, 5.74) is -0.777. The van der Waals surface area contributed by atoms with Gasteiger partial charge in [-0.15, -0.1) is 0 Å². The van der Waals surface area contributed by atoms with Crippen LogP contribution < -0.4 is 5.32 Å². The molecule has 10 heteroatoms. The molecule has 1 aromatic rings. The van der Waals surface area contributed by atoms with Crippen LogP contribution in [0, 0.1) is 6.92 Å². The SMILES string of the molecule is CCOC(=O)C[C@@H]([C@H](Nc1ccc(C)cc1)C(F)(F)F)P(=O)(OCC)OCC. The molecule has 160 valence electrons. The first kappa shape index (κ1) is 24.5. The Kier molecular flexibility index (Phi) is 9.47. The van der Waals surface area contributed by atoms with Gasteiger partial charge in [-0.3, -0.25) is 9.36 Å². The maximum absolute atomic E-state index is 13.9. The van der Waals surface area contributed by atoms with Crippen LogP contribution in [0.1, 0.15) is 32.8 Å². The number of carbonyl (C=O) groups is 1. The van der Waals surface area contributed by atoms with E-state index in [0.717, 1.165) is 5.56 Å². The number of halogens is 3. The molecule has 0 aromatic heterocycles. The summed E-state index contributed by atoms with van der Waals surface area (Å²) in [5, 5.41) is 2.35. The highest BCUT2D eigenvalue weighted by Gasteiger charge is 2.54. The third kappa shape index (κ3) is 7.11. The second kappa shape index (κ2) is 10.8. The summed E-state index contributed by atoms with van der Waals surface area (Å²) in [4.78, 5) is 12.0. The van der Waals surface area contributed by atoms with Crippen molar-refractivity contribution in [1.29, 1.82) is 0 Å². The van der Waals surface area contributed by atoms with Crippen LogP contribution in [-0.2, 0) is 23.1 Å². The summed E-state index contributed by atoms with van der Waals surface area (Å²) < 4.78 is 70.0. The molecule has 2 atom stereocenters. The molecular formula is C18H27F3NO5P. The predicted molar refractivity (Wildman–Crippen MR) is 101 cm³/mol. The van der Waals surface area contributed by atoms with Gasteiger partial charge in [-0.05, 0) is 39.8 Å². The van der Waals surface area contributed by atoms with E-state index < -0.39 is 37.9 Å². The van der Waals surface area contributed by atoms with Gasteiger partial charge in [0.25, 0.3) is 0 Å². The molecule has 28 heavy (non-hydrogen) atoms. The molecule has 6 nitrogen and oxygen atoms in total. The molecule has 0 aliphatic heterocycles. The molecule has 0 aliphatic rings. The van der Waals surface area contributed by atoms with Crippen LogP contribution in [0.4, 0.5) is 18.9 Å². The fourth-order valence-electron chi connectivity index (χ4n) is 2.62. The summed E-state index contributed by atoms with van der Waals surface area (Å²) in [5.74, 6) is -0.910. The highest BCUT2D eigenvalue weighted by atomic mass is 31.2. The minimum Gasteiger partial charge on any atom is -0.466 e. The summed E-state index contributed by atoms with van der Waals surface area (Å²) in [6.07, 6.45) is -5.60. The molecule has 0 heterocycles. The van der Waals surface area contributed by atoms with Crippen LogP contribution in [0.3, 0.4) is 0 Å². The number of hydrogen-bond donors (Lipinski definition) is 1. The van der Waals surface area contributed by atoms with Gasteiger partial charge in [-0.1, -0.05) is 17.7 Å². The fourth-order valence-corrected chi connectivity index (χ4v) is 4.78. The van der Waals surface area contributed by atoms with E-state index in [-0.39, 0.29) is 25.5 Å². The van der Waals surface area contributed by atoms with Gasteiger partial charge in [0.15, 0.2) is 0 Å². The molecule has 0 radical (unpaired) electrons. The Hall–Kier alpha value is -1.57. The lowest BCUT2D eigenvalue weighted by Crippen LogP contribution is -2.47. The summed E-state index contributed by atoms with van der Waals surface area (Å²) >= 11 is 0. The van der Waals surface area contributed by atoms with E-state index in [1.54, 1.807) is 19.1 Å². The molecule has 1 N–H and O–H groups in total. The van der Waals surface area contributed by atoms with Gasteiger partial charge >= 0.3 is 19.7 Å². The Balaban J connectivity index is 3.37. The Morgan fingerprint density at radius 2 is 1.61 bits per heavy atom. The van der Waals surface area contributed by atoms with Gasteiger partial charge in [0, 0.05) is 5.69 Å². The summed E-state index contributed by atoms with van der Waals surface area (Å²) in [7, 11) is -4.29. The number of rotatable bonds is 11. The van der Waals surface area contributed by atoms with Crippen LogP contribution in [0.15, 0.2) is 24.3 Å². The largest absolute Gasteiger partial charge is 0.466 e. The molecule has 0 fully saturated rings. The molecular weight excluding hydrogens is 398 g/mol. The number of esters is 1. The Bertz CT molecular complexity index is 656. The van der Waals surface area contributed by atoms with Gasteiger partial charge in [0.2, 0.25) is 0 Å². The smallest absolute Gasteiger partial charge is 0.409 e. The van der Waals surface area contributed by atoms with Crippen molar-refractivity contribution < 1.29 is 36.3 Å². The third-order valence-electron chi connectivity index (χ3n) is 3.82. The van der Waals surface area contributed by atoms with E-state index in [0.29, 0.717) is 0 Å². The molecule has 0 saturated heterocycles. The lowest BCUT2D eigenvalue weighted by molar-refractivity contribution is -0.151. The number of alkyl halides is 3. The number of aryl methyl sites for hydroxylation is 1. The fraction of sp³-hybridized carbons (Fsp3) is 0.611. The van der Waals surface area contributed by atoms with Crippen LogP contribution in [0.2, 0.25) is 0 Å². The van der Waals surface area contributed by atoms with Crippen molar-refractivity contribution in [3.63, 3.8) is 0 Å². The lowest BCUT2D eigenvalue weighted by atomic mass is 10.1. The van der Waals surface area contributed by atoms with E-state index >= 15 is 0 Å². The van der Waals surface area contributed by atoms with E-state index in [4.69, 9.17) is 13.8 Å². The van der Waals surface area contributed by atoms with Gasteiger partial charge in [-0.25, -0.2) is 0 Å². The average molecular weight is 425 g/mol. The van der Waals surface area contributed by atoms with Gasteiger partial charge in [0.1, 0.15) is 11.7 Å². The molecule has 0 amide bonds. The van der Waals surface area contributed by atoms with Crippen molar-refractivity contribution in [3.05, 3.63) is 29.8 Å². The first-order valence-corrected chi connectivity index (χ1v) is 10.6. The third-order valence-corrected chi connectivity index (χ3v) is 6.35. The Morgan fingerprint density at radius 1 is 1.07 bits per heavy atom. The predicted octanol–water partition coefficient (Wildman–Crippen LogP) is 4.93. The van der Waals surface area contributed by atoms with E-state index in [9.17, 15) is 22.5 Å². The van der Waals surface area contributed by atoms with Crippen molar-refractivity contribution in [2.24, 2.45) is 0 Å². The lowest BCUT2D eigenvalue weighted by Gasteiger charge is -2.34. The van der Waals surface area contributed by atoms with Crippen molar-refractivity contribution in [1.82, 2.24) is 0 Å². The monoisotopic (exact) mass is 425 g/mol. The van der Waals surface area contributed by atoms with Crippen LogP contribution in [0.25, 0.3) is 0 Å². The molecule has 0 saturated carbocycles. The van der Waals surface area contributed by atoms with Crippen molar-refractivity contribution >= 4 is 19.3 Å². The number of nitrogens with one attached hydrogen (secondary N) is 1. The molecule has 1 aromatic carbocycles. The minimum atomic E-state index is -4.83. The van der Waals surface area contributed by atoms with Gasteiger partial charge < -0.3 is 19.1 Å². The standard InChI is InChI=1S/C18H27F3NO5P/c1-5-25-16(23)12-15(28(24,26-6-2)27-7-3)17(18(19,20)21)22-14-10-8-13(4)9-11-14/h8-11,15,17,22H,5-7,12H2,1-4H3/t15-,17-/m0/s1. The van der Waals surface area contributed by atoms with Gasteiger partial charge in [-0.2, -0.15) is 13.2 Å². The first-order valence-electron chi connectivity index (χ1n) is 9.01. The quantitative estimate of drug-likeness (QED) is 0.401. The second-order valence-electron chi connectivity index (χ2n) is 5.98. The second-order valence-corrected chi connectivity index (χ2v) is 8.24. The summed E-state index contributed by atoms with van der Waals surface area (Å²) in [6.45, 7) is 6.03. The van der Waals surface area contributed by atoms with Crippen LogP contribution in [0.5, 0.6) is 0 Å². The number of carbonyl (C=O) groups excluding carboxylic acids is 1. The Morgan fingerprint density at radius 3 is 2.04 bits per heavy atom. The van der Waals surface area contributed by atoms with Gasteiger partial charge in [0.05, 0.1) is 26.2 Å². The molecule has 1 rings (SSSR count). The maximum atomic E-state index is 13.9. The first-order chi connectivity index (χ1) is 13.1. The zero-order chi connectivity index (χ0) is 21.4. The van der Waals surface area contributed by atoms with Crippen LogP contribution >= 0.6 is 7.60 Å². The highest BCUT2D eigenvalue weighted by molar-refractivity contribution is 7.54. The van der Waals surface area contributed by atoms with E-state index in [2.05, 4.69) is 5.32 Å². The number of benzene rings is 1. The van der Waals surface area contributed by atoms with E-state index in [1.165, 1.54) is 32.9 Å². The van der Waals surface area contributed by atoms with Crippen molar-refractivity contribution in [2.75, 3.05) is 25.1 Å². The van der Waals surface area contributed by atoms with Crippen molar-refractivity contribution in [3.8, 4) is 0 Å². The number of anilines is 1. The average Bonchev–Trinajstić information content (AvgIpc) is 2.59. The zero-order valence-electron chi connectivity index (χ0n) is 16.4. The van der Waals surface area contributed by atoms with Crippen LogP contribution in [-0.4, -0.2) is 43.7 Å². The molecule has 0 aliphatic carbocycles. The highest BCUT2D eigenvalue weighted by Crippen LogP contribution is 2.57. The molecule has 0 spiro atoms. The topological polar surface area (TPSA) is 73.9 Å². The van der Waals surface area contributed by atoms with Crippen molar-refractivity contribution in [2.45, 2.75) is 52.0 Å². The molecule has 0 bridgehead atoms. The number of hydrogen-bond acceptors (Lipinski definition) is 6. The maximum Gasteiger partial charge on any atom is 0.409 e. The Labute approximate surface area is 163 Å². The zero-order valence-corrected chi connectivity index (χ0v) is 17.3.